The molecule has 1 rings (SSSR count). The number of nitrogens with one attached hydrogen (secondary N) is 1. The zero-order chi connectivity index (χ0) is 13.9. The minimum atomic E-state index is -0.972. The molecule has 2 N–H and O–H groups in total. The Hall–Kier alpha value is -1.61. The smallest absolute Gasteiger partial charge is 0.305 e. The van der Waals surface area contributed by atoms with Gasteiger partial charge < -0.3 is 10.4 Å². The topological polar surface area (TPSA) is 73.1 Å². The van der Waals surface area contributed by atoms with E-state index in [0.717, 1.165) is 0 Å². The van der Waals surface area contributed by atoms with Crippen LogP contribution in [0.4, 0.5) is 10.1 Å². The molecule has 0 aliphatic heterocycles. The average Bonchev–Trinajstić information content (AvgIpc) is 2.23. The first-order valence-electron chi connectivity index (χ1n) is 5.15. The quantitative estimate of drug-likeness (QED) is 0.895. The van der Waals surface area contributed by atoms with Crippen LogP contribution in [0.1, 0.15) is 25.8 Å². The van der Waals surface area contributed by atoms with E-state index in [1.807, 2.05) is 6.07 Å². The fraction of sp³-hybridized carbons (Fsp3) is 0.333. The number of hydrogen-bond donors (Lipinski definition) is 2. The second kappa shape index (κ2) is 5.36. The van der Waals surface area contributed by atoms with Crippen LogP contribution in [0.15, 0.2) is 16.6 Å². The molecule has 0 aliphatic rings. The molecular formula is C12H12BrFN2O2. The van der Waals surface area contributed by atoms with E-state index in [2.05, 4.69) is 21.2 Å². The van der Waals surface area contributed by atoms with Crippen molar-refractivity contribution in [2.24, 2.45) is 0 Å². The highest BCUT2D eigenvalue weighted by molar-refractivity contribution is 9.10. The lowest BCUT2D eigenvalue weighted by Gasteiger charge is -2.26. The number of nitrogens with zero attached hydrogens (tertiary/aromatic N) is 1. The van der Waals surface area contributed by atoms with Crippen LogP contribution in [-0.2, 0) is 4.79 Å². The predicted molar refractivity (Wildman–Crippen MR) is 68.8 cm³/mol. The van der Waals surface area contributed by atoms with E-state index in [4.69, 9.17) is 10.4 Å². The summed E-state index contributed by atoms with van der Waals surface area (Å²) in [6.07, 6.45) is -0.149. The molecule has 6 heteroatoms. The molecule has 0 aromatic heterocycles. The third-order valence-corrected chi connectivity index (χ3v) is 3.04. The van der Waals surface area contributed by atoms with E-state index in [0.29, 0.717) is 0 Å². The van der Waals surface area contributed by atoms with Crippen molar-refractivity contribution in [2.75, 3.05) is 5.32 Å². The number of benzene rings is 1. The summed E-state index contributed by atoms with van der Waals surface area (Å²) in [5, 5.41) is 20.3. The Labute approximate surface area is 113 Å². The van der Waals surface area contributed by atoms with E-state index >= 15 is 0 Å². The monoisotopic (exact) mass is 314 g/mol. The van der Waals surface area contributed by atoms with Crippen LogP contribution in [0.3, 0.4) is 0 Å². The number of rotatable bonds is 4. The van der Waals surface area contributed by atoms with Crippen molar-refractivity contribution in [3.63, 3.8) is 0 Å². The molecule has 96 valence electrons. The Kier molecular flexibility index (Phi) is 4.30. The van der Waals surface area contributed by atoms with Gasteiger partial charge in [0.2, 0.25) is 0 Å². The Morgan fingerprint density at radius 3 is 2.72 bits per heavy atom. The molecule has 0 radical (unpaired) electrons. The maximum atomic E-state index is 13.9. The number of carboxylic acid groups (broad SMARTS) is 1. The molecule has 0 amide bonds. The molecule has 0 saturated heterocycles. The number of hydrogen-bond acceptors (Lipinski definition) is 3. The minimum absolute atomic E-state index is 0.0705. The first-order valence-corrected chi connectivity index (χ1v) is 5.94. The van der Waals surface area contributed by atoms with Gasteiger partial charge in [0.25, 0.3) is 0 Å². The van der Waals surface area contributed by atoms with Gasteiger partial charge in [0.1, 0.15) is 6.07 Å². The molecule has 4 nitrogen and oxygen atoms in total. The van der Waals surface area contributed by atoms with Crippen LogP contribution in [0.25, 0.3) is 0 Å². The predicted octanol–water partition coefficient (Wildman–Crippen LogP) is 3.13. The fourth-order valence-electron chi connectivity index (χ4n) is 1.52. The van der Waals surface area contributed by atoms with Gasteiger partial charge in [-0.05, 0) is 41.9 Å². The Bertz CT molecular complexity index is 524. The highest BCUT2D eigenvalue weighted by Gasteiger charge is 2.23. The number of nitriles is 1. The largest absolute Gasteiger partial charge is 0.481 e. The van der Waals surface area contributed by atoms with Crippen LogP contribution in [0.2, 0.25) is 0 Å². The third kappa shape index (κ3) is 3.44. The zero-order valence-electron chi connectivity index (χ0n) is 9.92. The maximum Gasteiger partial charge on any atom is 0.305 e. The molecule has 0 bridgehead atoms. The Balaban J connectivity index is 3.03. The lowest BCUT2D eigenvalue weighted by molar-refractivity contribution is -0.137. The SMILES string of the molecule is CC(C)(CC(=O)O)Nc1ccc(C#N)c(Br)c1F. The summed E-state index contributed by atoms with van der Waals surface area (Å²) in [4.78, 5) is 10.7. The van der Waals surface area contributed by atoms with Crippen molar-refractivity contribution in [1.82, 2.24) is 0 Å². The zero-order valence-corrected chi connectivity index (χ0v) is 11.5. The van der Waals surface area contributed by atoms with Crippen LogP contribution >= 0.6 is 15.9 Å². The van der Waals surface area contributed by atoms with Gasteiger partial charge in [0.15, 0.2) is 5.82 Å². The summed E-state index contributed by atoms with van der Waals surface area (Å²) in [6.45, 7) is 3.32. The lowest BCUT2D eigenvalue weighted by Crippen LogP contribution is -2.34. The van der Waals surface area contributed by atoms with Gasteiger partial charge in [-0.15, -0.1) is 0 Å². The van der Waals surface area contributed by atoms with Crippen LogP contribution in [-0.4, -0.2) is 16.6 Å². The highest BCUT2D eigenvalue weighted by atomic mass is 79.9. The van der Waals surface area contributed by atoms with Gasteiger partial charge in [-0.25, -0.2) is 4.39 Å². The molecule has 0 atom stereocenters. The van der Waals surface area contributed by atoms with E-state index in [-0.39, 0.29) is 22.1 Å². The van der Waals surface area contributed by atoms with Crippen LogP contribution < -0.4 is 5.32 Å². The van der Waals surface area contributed by atoms with Crippen molar-refractivity contribution in [3.8, 4) is 6.07 Å². The van der Waals surface area contributed by atoms with Crippen molar-refractivity contribution < 1.29 is 14.3 Å². The van der Waals surface area contributed by atoms with Gasteiger partial charge >= 0.3 is 5.97 Å². The van der Waals surface area contributed by atoms with Crippen molar-refractivity contribution in [2.45, 2.75) is 25.8 Å². The first kappa shape index (κ1) is 14.5. The van der Waals surface area contributed by atoms with Gasteiger partial charge in [-0.1, -0.05) is 0 Å². The molecule has 0 saturated carbocycles. The van der Waals surface area contributed by atoms with E-state index < -0.39 is 17.3 Å². The highest BCUT2D eigenvalue weighted by Crippen LogP contribution is 2.29. The molecular weight excluding hydrogens is 303 g/mol. The van der Waals surface area contributed by atoms with E-state index in [9.17, 15) is 9.18 Å². The standard InChI is InChI=1S/C12H12BrFN2O2/c1-12(2,5-9(17)18)16-8-4-3-7(6-15)10(13)11(8)14/h3-4,16H,5H2,1-2H3,(H,17,18). The van der Waals surface area contributed by atoms with Crippen molar-refractivity contribution in [1.29, 1.82) is 5.26 Å². The summed E-state index contributed by atoms with van der Waals surface area (Å²) in [5.74, 6) is -1.58. The minimum Gasteiger partial charge on any atom is -0.481 e. The Morgan fingerprint density at radius 2 is 2.22 bits per heavy atom. The third-order valence-electron chi connectivity index (χ3n) is 2.27. The molecule has 0 fully saturated rings. The summed E-state index contributed by atoms with van der Waals surface area (Å²) in [6, 6.07) is 4.73. The summed E-state index contributed by atoms with van der Waals surface area (Å²) >= 11 is 3.00. The normalized spacial score (nSPS) is 10.8. The molecule has 0 heterocycles. The molecule has 1 aromatic rings. The maximum absolute atomic E-state index is 13.9. The first-order chi connectivity index (χ1) is 8.26. The second-order valence-electron chi connectivity index (χ2n) is 4.48. The number of anilines is 1. The van der Waals surface area contributed by atoms with Gasteiger partial charge in [-0.2, -0.15) is 5.26 Å². The summed E-state index contributed by atoms with van der Waals surface area (Å²) < 4.78 is 14.0. The fourth-order valence-corrected chi connectivity index (χ4v) is 1.95. The van der Waals surface area contributed by atoms with Crippen LogP contribution in [0.5, 0.6) is 0 Å². The molecule has 1 aromatic carbocycles. The summed E-state index contributed by atoms with van der Waals surface area (Å²) in [7, 11) is 0. The van der Waals surface area contributed by atoms with Crippen molar-refractivity contribution >= 4 is 27.6 Å². The molecule has 18 heavy (non-hydrogen) atoms. The lowest BCUT2D eigenvalue weighted by atomic mass is 10.00. The number of halogens is 2. The summed E-state index contributed by atoms with van der Waals surface area (Å²) in [5.41, 5.74) is -0.443. The Morgan fingerprint density at radius 1 is 1.61 bits per heavy atom. The van der Waals surface area contributed by atoms with Crippen molar-refractivity contribution in [3.05, 3.63) is 28.0 Å². The van der Waals surface area contributed by atoms with Gasteiger partial charge in [0, 0.05) is 5.54 Å². The number of aliphatic carboxylic acids is 1. The van der Waals surface area contributed by atoms with E-state index in [1.165, 1.54) is 12.1 Å². The average molecular weight is 315 g/mol. The second-order valence-corrected chi connectivity index (χ2v) is 5.27. The molecule has 0 spiro atoms. The van der Waals surface area contributed by atoms with E-state index in [1.54, 1.807) is 13.8 Å². The number of carboxylic acids is 1. The molecule has 0 aliphatic carbocycles. The van der Waals surface area contributed by atoms with Gasteiger partial charge in [0.05, 0.1) is 22.1 Å². The van der Waals surface area contributed by atoms with Crippen LogP contribution in [0, 0.1) is 17.1 Å². The molecule has 0 unspecified atom stereocenters. The van der Waals surface area contributed by atoms with Gasteiger partial charge in [-0.3, -0.25) is 4.79 Å². The number of carbonyl (C=O) groups is 1.